The van der Waals surface area contributed by atoms with Crippen LogP contribution < -0.4 is 9.88 Å². The van der Waals surface area contributed by atoms with Crippen molar-refractivity contribution in [2.24, 2.45) is 11.1 Å². The second-order valence-electron chi connectivity index (χ2n) is 8.98. The molecular weight excluding hydrogens is 380 g/mol. The van der Waals surface area contributed by atoms with Crippen molar-refractivity contribution in [1.82, 2.24) is 4.90 Å². The van der Waals surface area contributed by atoms with Crippen molar-refractivity contribution in [1.29, 1.82) is 0 Å². The molecular formula is C20H32N2O5S. The van der Waals surface area contributed by atoms with E-state index in [2.05, 4.69) is 13.8 Å². The minimum absolute atomic E-state index is 0.0375. The molecule has 158 valence electrons. The molecule has 1 fully saturated rings. The van der Waals surface area contributed by atoms with Crippen LogP contribution in [-0.2, 0) is 14.8 Å². The van der Waals surface area contributed by atoms with Gasteiger partial charge in [-0.2, -0.15) is 0 Å². The molecule has 28 heavy (non-hydrogen) atoms. The van der Waals surface area contributed by atoms with Crippen LogP contribution in [0.1, 0.15) is 53.9 Å². The minimum Gasteiger partial charge on any atom is -0.494 e. The van der Waals surface area contributed by atoms with E-state index in [1.807, 2.05) is 25.7 Å². The van der Waals surface area contributed by atoms with E-state index in [0.29, 0.717) is 24.8 Å². The summed E-state index contributed by atoms with van der Waals surface area (Å²) in [5.41, 5.74) is -0.748. The Morgan fingerprint density at radius 1 is 1.32 bits per heavy atom. The van der Waals surface area contributed by atoms with E-state index in [0.717, 1.165) is 19.3 Å². The zero-order valence-corrected chi connectivity index (χ0v) is 18.2. The lowest BCUT2D eigenvalue weighted by atomic mass is 9.93. The van der Waals surface area contributed by atoms with Crippen LogP contribution in [0.5, 0.6) is 5.75 Å². The van der Waals surface area contributed by atoms with Gasteiger partial charge in [-0.1, -0.05) is 6.07 Å². The number of primary sulfonamides is 1. The third kappa shape index (κ3) is 6.38. The molecule has 7 nitrogen and oxygen atoms in total. The zero-order valence-electron chi connectivity index (χ0n) is 17.4. The van der Waals surface area contributed by atoms with Gasteiger partial charge in [0.2, 0.25) is 10.0 Å². The largest absolute Gasteiger partial charge is 0.494 e. The standard InChI is InChI=1S/C20H32N2O5S/c1-19(2,3)27-18(23)22-14-15(13-20(22,4)5)8-7-11-26-16-9-6-10-17(12-16)28(21,24)25/h6,9-10,12,15H,7-8,11,13-14H2,1-5H3,(H2,21,24,25)/t15-/m0/s1. The normalized spacial score (nSPS) is 19.5. The van der Waals surface area contributed by atoms with Crippen molar-refractivity contribution < 1.29 is 22.7 Å². The second-order valence-corrected chi connectivity index (χ2v) is 10.5. The molecule has 1 atom stereocenters. The Bertz CT molecular complexity index is 799. The summed E-state index contributed by atoms with van der Waals surface area (Å²) in [5, 5.41) is 5.14. The number of nitrogens with two attached hydrogens (primary N) is 1. The number of carbonyl (C=O) groups excluding carboxylic acids is 1. The van der Waals surface area contributed by atoms with Crippen molar-refractivity contribution in [2.75, 3.05) is 13.2 Å². The molecule has 0 spiro atoms. The lowest BCUT2D eigenvalue weighted by molar-refractivity contribution is 0.0131. The van der Waals surface area contributed by atoms with Crippen molar-refractivity contribution >= 4 is 16.1 Å². The second kappa shape index (κ2) is 8.29. The Balaban J connectivity index is 1.83. The Hall–Kier alpha value is -1.80. The molecule has 0 aromatic heterocycles. The summed E-state index contributed by atoms with van der Waals surface area (Å²) in [7, 11) is -3.74. The lowest BCUT2D eigenvalue weighted by Crippen LogP contribution is -2.45. The van der Waals surface area contributed by atoms with Gasteiger partial charge in [0.1, 0.15) is 11.4 Å². The predicted octanol–water partition coefficient (Wildman–Crippen LogP) is 3.53. The van der Waals surface area contributed by atoms with Gasteiger partial charge in [-0.25, -0.2) is 18.4 Å². The van der Waals surface area contributed by atoms with Crippen LogP contribution in [0.3, 0.4) is 0 Å². The van der Waals surface area contributed by atoms with Crippen molar-refractivity contribution in [3.05, 3.63) is 24.3 Å². The number of carbonyl (C=O) groups is 1. The van der Waals surface area contributed by atoms with Crippen LogP contribution in [0, 0.1) is 5.92 Å². The SMILES string of the molecule is CC(C)(C)OC(=O)N1C[C@@H](CCCOc2cccc(S(N)(=O)=O)c2)CC1(C)C. The molecule has 1 aliphatic rings. The molecule has 0 unspecified atom stereocenters. The van der Waals surface area contributed by atoms with Crippen molar-refractivity contribution in [2.45, 2.75) is 69.9 Å². The lowest BCUT2D eigenvalue weighted by Gasteiger charge is -2.33. The highest BCUT2D eigenvalue weighted by Gasteiger charge is 2.42. The molecule has 1 aromatic carbocycles. The molecule has 1 amide bonds. The average molecular weight is 413 g/mol. The molecule has 1 saturated heterocycles. The van der Waals surface area contributed by atoms with Crippen LogP contribution in [0.15, 0.2) is 29.2 Å². The van der Waals surface area contributed by atoms with E-state index < -0.39 is 15.6 Å². The third-order valence-electron chi connectivity index (χ3n) is 4.73. The van der Waals surface area contributed by atoms with E-state index in [4.69, 9.17) is 14.6 Å². The highest BCUT2D eigenvalue weighted by Crippen LogP contribution is 2.36. The molecule has 0 bridgehead atoms. The number of hydrogen-bond donors (Lipinski definition) is 1. The van der Waals surface area contributed by atoms with E-state index in [1.54, 1.807) is 12.1 Å². The molecule has 8 heteroatoms. The van der Waals surface area contributed by atoms with Crippen LogP contribution in [-0.4, -0.2) is 43.7 Å². The molecule has 0 radical (unpaired) electrons. The summed E-state index contributed by atoms with van der Waals surface area (Å²) in [5.74, 6) is 0.857. The summed E-state index contributed by atoms with van der Waals surface area (Å²) in [4.78, 5) is 14.3. The maximum atomic E-state index is 12.5. The topological polar surface area (TPSA) is 98.9 Å². The van der Waals surface area contributed by atoms with E-state index >= 15 is 0 Å². The van der Waals surface area contributed by atoms with Crippen LogP contribution >= 0.6 is 0 Å². The Morgan fingerprint density at radius 3 is 2.61 bits per heavy atom. The Morgan fingerprint density at radius 2 is 2.00 bits per heavy atom. The van der Waals surface area contributed by atoms with Crippen LogP contribution in [0.25, 0.3) is 0 Å². The highest BCUT2D eigenvalue weighted by molar-refractivity contribution is 7.89. The number of sulfonamides is 1. The Labute approximate surface area is 168 Å². The molecule has 1 aromatic rings. The van der Waals surface area contributed by atoms with E-state index in [-0.39, 0.29) is 16.5 Å². The number of nitrogens with zero attached hydrogens (tertiary/aromatic N) is 1. The van der Waals surface area contributed by atoms with Gasteiger partial charge in [0.05, 0.1) is 11.5 Å². The van der Waals surface area contributed by atoms with Gasteiger partial charge in [0.15, 0.2) is 0 Å². The number of ether oxygens (including phenoxy) is 2. The molecule has 2 N–H and O–H groups in total. The summed E-state index contributed by atoms with van der Waals surface area (Å²) in [6.07, 6.45) is 2.36. The third-order valence-corrected chi connectivity index (χ3v) is 5.64. The van der Waals surface area contributed by atoms with E-state index in [9.17, 15) is 13.2 Å². The number of rotatable bonds is 6. The van der Waals surface area contributed by atoms with Crippen LogP contribution in [0.2, 0.25) is 0 Å². The zero-order chi connectivity index (χ0) is 21.2. The van der Waals surface area contributed by atoms with Gasteiger partial charge >= 0.3 is 6.09 Å². The first kappa shape index (κ1) is 22.5. The molecule has 0 saturated carbocycles. The van der Waals surface area contributed by atoms with Gasteiger partial charge < -0.3 is 14.4 Å². The smallest absolute Gasteiger partial charge is 0.410 e. The van der Waals surface area contributed by atoms with Gasteiger partial charge in [-0.05, 0) is 71.9 Å². The fourth-order valence-corrected chi connectivity index (χ4v) is 4.07. The first-order valence-electron chi connectivity index (χ1n) is 9.54. The highest BCUT2D eigenvalue weighted by atomic mass is 32.2. The maximum absolute atomic E-state index is 12.5. The fourth-order valence-electron chi connectivity index (χ4n) is 3.52. The first-order chi connectivity index (χ1) is 12.8. The molecule has 1 heterocycles. The first-order valence-corrected chi connectivity index (χ1v) is 11.1. The molecule has 2 rings (SSSR count). The number of benzene rings is 1. The molecule has 1 aliphatic heterocycles. The van der Waals surface area contributed by atoms with Crippen molar-refractivity contribution in [3.8, 4) is 5.75 Å². The summed E-state index contributed by atoms with van der Waals surface area (Å²) >= 11 is 0. The minimum atomic E-state index is -3.74. The Kier molecular flexibility index (Phi) is 6.66. The van der Waals surface area contributed by atoms with Crippen LogP contribution in [0.4, 0.5) is 4.79 Å². The summed E-state index contributed by atoms with van der Waals surface area (Å²) < 4.78 is 34.0. The van der Waals surface area contributed by atoms with Crippen molar-refractivity contribution in [3.63, 3.8) is 0 Å². The molecule has 0 aliphatic carbocycles. The van der Waals surface area contributed by atoms with E-state index in [1.165, 1.54) is 12.1 Å². The number of amides is 1. The fraction of sp³-hybridized carbons (Fsp3) is 0.650. The number of hydrogen-bond acceptors (Lipinski definition) is 5. The summed E-state index contributed by atoms with van der Waals surface area (Å²) in [6.45, 7) is 10.9. The van der Waals surface area contributed by atoms with Gasteiger partial charge in [-0.15, -0.1) is 0 Å². The summed E-state index contributed by atoms with van der Waals surface area (Å²) in [6, 6.07) is 6.18. The average Bonchev–Trinajstić information content (AvgIpc) is 2.84. The quantitative estimate of drug-likeness (QED) is 0.721. The monoisotopic (exact) mass is 412 g/mol. The van der Waals surface area contributed by atoms with Gasteiger partial charge in [0.25, 0.3) is 0 Å². The maximum Gasteiger partial charge on any atom is 0.410 e. The predicted molar refractivity (Wildman–Crippen MR) is 108 cm³/mol. The van der Waals surface area contributed by atoms with Gasteiger partial charge in [0, 0.05) is 18.2 Å². The van der Waals surface area contributed by atoms with Gasteiger partial charge in [-0.3, -0.25) is 0 Å². The number of likely N-dealkylation sites (tertiary alicyclic amines) is 1.